The molecule has 0 aromatic heterocycles. The molecule has 0 aliphatic rings. The van der Waals surface area contributed by atoms with Gasteiger partial charge in [-0.05, 0) is 42.3 Å². The van der Waals surface area contributed by atoms with Crippen LogP contribution in [0.25, 0.3) is 11.1 Å². The minimum absolute atomic E-state index is 0.110. The summed E-state index contributed by atoms with van der Waals surface area (Å²) >= 11 is 0. The fourth-order valence-corrected chi connectivity index (χ4v) is 2.01. The topological polar surface area (TPSA) is 61.8 Å². The van der Waals surface area contributed by atoms with Crippen LogP contribution in [0.4, 0.5) is 0 Å². The van der Waals surface area contributed by atoms with Crippen LogP contribution in [0.1, 0.15) is 17.3 Å². The van der Waals surface area contributed by atoms with Crippen molar-refractivity contribution in [3.05, 3.63) is 54.1 Å². The van der Waals surface area contributed by atoms with Crippen molar-refractivity contribution in [2.45, 2.75) is 6.92 Å². The quantitative estimate of drug-likeness (QED) is 0.767. The summed E-state index contributed by atoms with van der Waals surface area (Å²) in [7, 11) is 1.35. The number of esters is 2. The second-order valence-electron chi connectivity index (χ2n) is 4.69. The van der Waals surface area contributed by atoms with Crippen molar-refractivity contribution in [3.8, 4) is 16.9 Å². The number of rotatable bonds is 6. The van der Waals surface area contributed by atoms with Crippen LogP contribution in [0.2, 0.25) is 0 Å². The molecule has 5 heteroatoms. The van der Waals surface area contributed by atoms with Crippen molar-refractivity contribution >= 4 is 11.9 Å². The Bertz CT molecular complexity index is 659. The van der Waals surface area contributed by atoms with Gasteiger partial charge in [0.2, 0.25) is 0 Å². The first kappa shape index (κ1) is 16.5. The van der Waals surface area contributed by atoms with Gasteiger partial charge in [0.1, 0.15) is 5.75 Å². The fraction of sp³-hybridized carbons (Fsp3) is 0.222. The lowest BCUT2D eigenvalue weighted by molar-refractivity contribution is -0.145. The normalized spacial score (nSPS) is 10.0. The Morgan fingerprint density at radius 2 is 1.48 bits per heavy atom. The van der Waals surface area contributed by atoms with Gasteiger partial charge in [-0.1, -0.05) is 24.3 Å². The van der Waals surface area contributed by atoms with Crippen LogP contribution in [-0.2, 0) is 14.3 Å². The highest BCUT2D eigenvalue weighted by molar-refractivity contribution is 5.89. The molecule has 2 aromatic rings. The maximum Gasteiger partial charge on any atom is 0.344 e. The van der Waals surface area contributed by atoms with E-state index in [1.165, 1.54) is 7.11 Å². The van der Waals surface area contributed by atoms with Gasteiger partial charge in [-0.3, -0.25) is 0 Å². The first-order chi connectivity index (χ1) is 11.1. The van der Waals surface area contributed by atoms with Crippen molar-refractivity contribution in [2.24, 2.45) is 0 Å². The third kappa shape index (κ3) is 4.57. The lowest BCUT2D eigenvalue weighted by Crippen LogP contribution is -2.14. The molecule has 0 saturated heterocycles. The summed E-state index contributed by atoms with van der Waals surface area (Å²) in [6.45, 7) is 1.97. The Kier molecular flexibility index (Phi) is 5.74. The molecule has 0 radical (unpaired) electrons. The fourth-order valence-electron chi connectivity index (χ4n) is 2.01. The highest BCUT2D eigenvalue weighted by atomic mass is 16.6. The minimum atomic E-state index is -0.394. The largest absolute Gasteiger partial charge is 0.482 e. The van der Waals surface area contributed by atoms with Crippen molar-refractivity contribution in [3.63, 3.8) is 0 Å². The molecule has 5 nitrogen and oxygen atoms in total. The van der Waals surface area contributed by atoms with Crippen LogP contribution in [0, 0.1) is 0 Å². The molecular weight excluding hydrogens is 296 g/mol. The Morgan fingerprint density at radius 1 is 0.913 bits per heavy atom. The Morgan fingerprint density at radius 3 is 2.00 bits per heavy atom. The third-order valence-electron chi connectivity index (χ3n) is 3.16. The molecule has 0 heterocycles. The minimum Gasteiger partial charge on any atom is -0.482 e. The highest BCUT2D eigenvalue weighted by Gasteiger charge is 2.06. The van der Waals surface area contributed by atoms with Crippen molar-refractivity contribution in [1.29, 1.82) is 0 Å². The van der Waals surface area contributed by atoms with Gasteiger partial charge >= 0.3 is 11.9 Å². The highest BCUT2D eigenvalue weighted by Crippen LogP contribution is 2.23. The third-order valence-corrected chi connectivity index (χ3v) is 3.16. The number of hydrogen-bond donors (Lipinski definition) is 0. The lowest BCUT2D eigenvalue weighted by Gasteiger charge is -2.07. The first-order valence-corrected chi connectivity index (χ1v) is 7.21. The Balaban J connectivity index is 2.01. The van der Waals surface area contributed by atoms with E-state index in [-0.39, 0.29) is 12.6 Å². The number of ether oxygens (including phenoxy) is 3. The average molecular weight is 314 g/mol. The molecule has 0 atom stereocenters. The second kappa shape index (κ2) is 7.98. The van der Waals surface area contributed by atoms with E-state index in [0.29, 0.717) is 17.9 Å². The Labute approximate surface area is 134 Å². The van der Waals surface area contributed by atoms with Gasteiger partial charge in [-0.15, -0.1) is 0 Å². The van der Waals surface area contributed by atoms with Crippen LogP contribution >= 0.6 is 0 Å². The monoisotopic (exact) mass is 314 g/mol. The zero-order chi connectivity index (χ0) is 16.7. The zero-order valence-electron chi connectivity index (χ0n) is 13.1. The molecular formula is C18H18O5. The predicted molar refractivity (Wildman–Crippen MR) is 85.3 cm³/mol. The molecule has 0 unspecified atom stereocenters. The molecule has 0 saturated carbocycles. The van der Waals surface area contributed by atoms with E-state index in [2.05, 4.69) is 4.74 Å². The molecule has 2 aromatic carbocycles. The van der Waals surface area contributed by atoms with E-state index >= 15 is 0 Å². The standard InChI is InChI=1S/C18H18O5/c1-3-22-17(19)12-23-16-10-8-14(9-11-16)13-4-6-15(7-5-13)18(20)21-2/h4-11H,3,12H2,1-2H3. The molecule has 0 N–H and O–H groups in total. The van der Waals surface area contributed by atoms with Gasteiger partial charge in [0.25, 0.3) is 0 Å². The lowest BCUT2D eigenvalue weighted by atomic mass is 10.0. The van der Waals surface area contributed by atoms with Crippen molar-refractivity contribution in [2.75, 3.05) is 20.3 Å². The predicted octanol–water partition coefficient (Wildman–Crippen LogP) is 3.08. The van der Waals surface area contributed by atoms with Gasteiger partial charge in [0, 0.05) is 0 Å². The number of benzene rings is 2. The molecule has 0 bridgehead atoms. The van der Waals surface area contributed by atoms with Crippen LogP contribution in [0.15, 0.2) is 48.5 Å². The summed E-state index contributed by atoms with van der Waals surface area (Å²) in [6.07, 6.45) is 0. The molecule has 0 amide bonds. The van der Waals surface area contributed by atoms with E-state index < -0.39 is 5.97 Å². The number of methoxy groups -OCH3 is 1. The number of carbonyl (C=O) groups excluding carboxylic acids is 2. The molecule has 0 spiro atoms. The van der Waals surface area contributed by atoms with Crippen molar-refractivity contribution < 1.29 is 23.8 Å². The number of hydrogen-bond acceptors (Lipinski definition) is 5. The summed E-state index contributed by atoms with van der Waals surface area (Å²) in [4.78, 5) is 22.6. The van der Waals surface area contributed by atoms with E-state index in [1.54, 1.807) is 31.2 Å². The van der Waals surface area contributed by atoms with Crippen LogP contribution in [0.5, 0.6) is 5.75 Å². The molecule has 23 heavy (non-hydrogen) atoms. The molecule has 0 aliphatic heterocycles. The summed E-state index contributed by atoms with van der Waals surface area (Å²) in [6, 6.07) is 14.5. The smallest absolute Gasteiger partial charge is 0.344 e. The van der Waals surface area contributed by atoms with Crippen LogP contribution in [-0.4, -0.2) is 32.3 Å². The van der Waals surface area contributed by atoms with Gasteiger partial charge in [-0.25, -0.2) is 9.59 Å². The zero-order valence-corrected chi connectivity index (χ0v) is 13.1. The van der Waals surface area contributed by atoms with Gasteiger partial charge in [0.05, 0.1) is 19.3 Å². The average Bonchev–Trinajstić information content (AvgIpc) is 2.60. The maximum absolute atomic E-state index is 11.4. The summed E-state index contributed by atoms with van der Waals surface area (Å²) in [5.41, 5.74) is 2.45. The van der Waals surface area contributed by atoms with Gasteiger partial charge in [-0.2, -0.15) is 0 Å². The molecule has 0 aliphatic carbocycles. The molecule has 2 rings (SSSR count). The maximum atomic E-state index is 11.4. The molecule has 120 valence electrons. The first-order valence-electron chi connectivity index (χ1n) is 7.21. The van der Waals surface area contributed by atoms with E-state index in [9.17, 15) is 9.59 Å². The Hall–Kier alpha value is -2.82. The summed E-state index contributed by atoms with van der Waals surface area (Å²) < 4.78 is 14.8. The van der Waals surface area contributed by atoms with E-state index in [1.807, 2.05) is 24.3 Å². The summed E-state index contributed by atoms with van der Waals surface area (Å²) in [5.74, 6) is -0.165. The second-order valence-corrected chi connectivity index (χ2v) is 4.69. The van der Waals surface area contributed by atoms with E-state index in [0.717, 1.165) is 11.1 Å². The van der Waals surface area contributed by atoms with Gasteiger partial charge < -0.3 is 14.2 Å². The number of carbonyl (C=O) groups is 2. The van der Waals surface area contributed by atoms with Gasteiger partial charge in [0.15, 0.2) is 6.61 Å². The molecule has 0 fully saturated rings. The summed E-state index contributed by atoms with van der Waals surface area (Å²) in [5, 5.41) is 0. The SMILES string of the molecule is CCOC(=O)COc1ccc(-c2ccc(C(=O)OC)cc2)cc1. The van der Waals surface area contributed by atoms with Crippen LogP contribution in [0.3, 0.4) is 0 Å². The van der Waals surface area contributed by atoms with E-state index in [4.69, 9.17) is 9.47 Å². The van der Waals surface area contributed by atoms with Crippen molar-refractivity contribution in [1.82, 2.24) is 0 Å². The van der Waals surface area contributed by atoms with Crippen LogP contribution < -0.4 is 4.74 Å².